The lowest BCUT2D eigenvalue weighted by Gasteiger charge is -2.42. The third-order valence-corrected chi connectivity index (χ3v) is 5.14. The highest BCUT2D eigenvalue weighted by Gasteiger charge is 2.37. The summed E-state index contributed by atoms with van der Waals surface area (Å²) in [5, 5.41) is 14.8. The van der Waals surface area contributed by atoms with Crippen LogP contribution in [0.15, 0.2) is 18.2 Å². The number of hydrogen-bond acceptors (Lipinski definition) is 5. The molecule has 0 bridgehead atoms. The highest BCUT2D eigenvalue weighted by atomic mass is 16.7. The van der Waals surface area contributed by atoms with Crippen molar-refractivity contribution >= 4 is 17.7 Å². The van der Waals surface area contributed by atoms with Gasteiger partial charge in [-0.1, -0.05) is 6.07 Å². The van der Waals surface area contributed by atoms with Gasteiger partial charge in [-0.2, -0.15) is 0 Å². The topological polar surface area (TPSA) is 100 Å². The molecule has 0 aromatic heterocycles. The molecule has 2 aliphatic carbocycles. The molecule has 8 nitrogen and oxygen atoms in total. The van der Waals surface area contributed by atoms with Gasteiger partial charge < -0.3 is 25.2 Å². The minimum Gasteiger partial charge on any atom is -0.480 e. The van der Waals surface area contributed by atoms with E-state index in [1.54, 1.807) is 18.2 Å². The fourth-order valence-corrected chi connectivity index (χ4v) is 3.52. The van der Waals surface area contributed by atoms with Crippen LogP contribution in [0.5, 0.6) is 11.5 Å². The van der Waals surface area contributed by atoms with Gasteiger partial charge in [0.2, 0.25) is 6.79 Å². The fourth-order valence-electron chi connectivity index (χ4n) is 3.52. The van der Waals surface area contributed by atoms with Gasteiger partial charge in [0.25, 0.3) is 0 Å². The zero-order valence-corrected chi connectivity index (χ0v) is 14.4. The van der Waals surface area contributed by atoms with E-state index < -0.39 is 5.97 Å². The van der Waals surface area contributed by atoms with E-state index >= 15 is 0 Å². The maximum absolute atomic E-state index is 12.2. The number of amides is 2. The SMILES string of the molecule is O=C(O)CN(CC1CC1)C1CC(NC(=O)Nc2cccc3c2OCO3)C1. The minimum absolute atomic E-state index is 0.0597. The molecular weight excluding hydrogens is 338 g/mol. The number of benzene rings is 1. The van der Waals surface area contributed by atoms with Crippen LogP contribution in [-0.4, -0.2) is 54.0 Å². The number of ether oxygens (including phenoxy) is 2. The summed E-state index contributed by atoms with van der Waals surface area (Å²) >= 11 is 0. The predicted octanol–water partition coefficient (Wildman–Crippen LogP) is 1.86. The Morgan fingerprint density at radius 2 is 2.04 bits per heavy atom. The number of aliphatic carboxylic acids is 1. The molecule has 1 aliphatic heterocycles. The first-order chi connectivity index (χ1) is 12.6. The fraction of sp³-hybridized carbons (Fsp3) is 0.556. The average molecular weight is 361 g/mol. The Morgan fingerprint density at radius 3 is 2.77 bits per heavy atom. The smallest absolute Gasteiger partial charge is 0.319 e. The number of para-hydroxylation sites is 1. The monoisotopic (exact) mass is 361 g/mol. The molecule has 0 saturated heterocycles. The van der Waals surface area contributed by atoms with Gasteiger partial charge in [0.05, 0.1) is 12.2 Å². The van der Waals surface area contributed by atoms with Crippen LogP contribution in [0.25, 0.3) is 0 Å². The molecule has 2 fully saturated rings. The first kappa shape index (κ1) is 17.0. The lowest BCUT2D eigenvalue weighted by molar-refractivity contribution is -0.139. The number of carboxylic acids is 1. The normalized spacial score (nSPS) is 23.4. The van der Waals surface area contributed by atoms with Crippen molar-refractivity contribution in [2.75, 3.05) is 25.2 Å². The Balaban J connectivity index is 1.26. The molecule has 3 N–H and O–H groups in total. The van der Waals surface area contributed by atoms with Crippen LogP contribution in [0.3, 0.4) is 0 Å². The molecule has 1 heterocycles. The molecule has 1 aromatic carbocycles. The summed E-state index contributed by atoms with van der Waals surface area (Å²) in [7, 11) is 0. The molecule has 0 radical (unpaired) electrons. The van der Waals surface area contributed by atoms with E-state index in [4.69, 9.17) is 14.6 Å². The Bertz CT molecular complexity index is 700. The van der Waals surface area contributed by atoms with Gasteiger partial charge in [-0.3, -0.25) is 9.69 Å². The lowest BCUT2D eigenvalue weighted by Crippen LogP contribution is -2.55. The van der Waals surface area contributed by atoms with Crippen LogP contribution in [0.1, 0.15) is 25.7 Å². The highest BCUT2D eigenvalue weighted by Crippen LogP contribution is 2.39. The standard InChI is InChI=1S/C18H23N3O5/c22-16(23)9-21(8-11-4-5-11)13-6-12(7-13)19-18(24)20-14-2-1-3-15-17(14)26-10-25-15/h1-3,11-13H,4-10H2,(H,22,23)(H2,19,20,24). The molecule has 3 aliphatic rings. The largest absolute Gasteiger partial charge is 0.480 e. The third kappa shape index (κ3) is 3.85. The Kier molecular flexibility index (Phi) is 4.58. The van der Waals surface area contributed by atoms with Crippen molar-refractivity contribution in [3.8, 4) is 11.5 Å². The molecule has 0 spiro atoms. The minimum atomic E-state index is -0.792. The molecule has 8 heteroatoms. The van der Waals surface area contributed by atoms with Gasteiger partial charge in [0.1, 0.15) is 0 Å². The molecule has 0 atom stereocenters. The Morgan fingerprint density at radius 1 is 1.23 bits per heavy atom. The molecule has 2 amide bonds. The summed E-state index contributed by atoms with van der Waals surface area (Å²) in [5.74, 6) is 1.02. The zero-order valence-electron chi connectivity index (χ0n) is 14.4. The van der Waals surface area contributed by atoms with Crippen molar-refractivity contribution in [2.45, 2.75) is 37.8 Å². The molecular formula is C18H23N3O5. The second kappa shape index (κ2) is 7.03. The van der Waals surface area contributed by atoms with E-state index in [0.717, 1.165) is 19.4 Å². The third-order valence-electron chi connectivity index (χ3n) is 5.14. The summed E-state index contributed by atoms with van der Waals surface area (Å²) in [6.45, 7) is 1.08. The van der Waals surface area contributed by atoms with Crippen molar-refractivity contribution in [3.05, 3.63) is 18.2 Å². The quantitative estimate of drug-likeness (QED) is 0.685. The number of urea groups is 1. The van der Waals surface area contributed by atoms with Crippen molar-refractivity contribution in [2.24, 2.45) is 5.92 Å². The maximum Gasteiger partial charge on any atom is 0.319 e. The molecule has 140 valence electrons. The van der Waals surface area contributed by atoms with Gasteiger partial charge >= 0.3 is 12.0 Å². The van der Waals surface area contributed by atoms with Crippen LogP contribution < -0.4 is 20.1 Å². The second-order valence-corrected chi connectivity index (χ2v) is 7.23. The summed E-state index contributed by atoms with van der Waals surface area (Å²) in [6, 6.07) is 5.35. The molecule has 26 heavy (non-hydrogen) atoms. The first-order valence-electron chi connectivity index (χ1n) is 9.00. The number of carbonyl (C=O) groups excluding carboxylic acids is 1. The van der Waals surface area contributed by atoms with E-state index in [2.05, 4.69) is 10.6 Å². The molecule has 2 saturated carbocycles. The van der Waals surface area contributed by atoms with Crippen molar-refractivity contribution in [3.63, 3.8) is 0 Å². The number of anilines is 1. The highest BCUT2D eigenvalue weighted by molar-refractivity contribution is 5.92. The number of nitrogens with one attached hydrogen (secondary N) is 2. The average Bonchev–Trinajstić information content (AvgIpc) is 3.22. The van der Waals surface area contributed by atoms with Crippen molar-refractivity contribution < 1.29 is 24.2 Å². The predicted molar refractivity (Wildman–Crippen MR) is 93.5 cm³/mol. The summed E-state index contributed by atoms with van der Waals surface area (Å²) in [6.07, 6.45) is 3.94. The number of carboxylic acid groups (broad SMARTS) is 1. The van der Waals surface area contributed by atoms with Crippen LogP contribution in [-0.2, 0) is 4.79 Å². The Hall–Kier alpha value is -2.48. The van der Waals surface area contributed by atoms with E-state index in [0.29, 0.717) is 23.1 Å². The van der Waals surface area contributed by atoms with Gasteiger partial charge in [-0.15, -0.1) is 0 Å². The molecule has 4 rings (SSSR count). The van der Waals surface area contributed by atoms with Gasteiger partial charge in [-0.25, -0.2) is 4.79 Å². The number of carbonyl (C=O) groups is 2. The second-order valence-electron chi connectivity index (χ2n) is 7.23. The number of rotatable bonds is 7. The van der Waals surface area contributed by atoms with Crippen LogP contribution in [0.2, 0.25) is 0 Å². The molecule has 0 unspecified atom stereocenters. The number of nitrogens with zero attached hydrogens (tertiary/aromatic N) is 1. The van der Waals surface area contributed by atoms with E-state index in [-0.39, 0.29) is 31.5 Å². The van der Waals surface area contributed by atoms with Gasteiger partial charge in [-0.05, 0) is 43.7 Å². The summed E-state index contributed by atoms with van der Waals surface area (Å²) in [4.78, 5) is 25.3. The number of hydrogen-bond donors (Lipinski definition) is 3. The van der Waals surface area contributed by atoms with Crippen LogP contribution in [0, 0.1) is 5.92 Å². The summed E-state index contributed by atoms with van der Waals surface area (Å²) in [5.41, 5.74) is 0.578. The Labute approximate surface area is 151 Å². The van der Waals surface area contributed by atoms with E-state index in [1.165, 1.54) is 12.8 Å². The lowest BCUT2D eigenvalue weighted by atomic mass is 9.85. The van der Waals surface area contributed by atoms with Crippen LogP contribution >= 0.6 is 0 Å². The van der Waals surface area contributed by atoms with E-state index in [1.807, 2.05) is 4.90 Å². The van der Waals surface area contributed by atoms with Gasteiger partial charge in [0, 0.05) is 18.6 Å². The number of fused-ring (bicyclic) bond motifs is 1. The molecule has 1 aromatic rings. The van der Waals surface area contributed by atoms with E-state index in [9.17, 15) is 9.59 Å². The summed E-state index contributed by atoms with van der Waals surface area (Å²) < 4.78 is 10.7. The first-order valence-corrected chi connectivity index (χ1v) is 9.00. The maximum atomic E-state index is 12.2. The van der Waals surface area contributed by atoms with Gasteiger partial charge in [0.15, 0.2) is 11.5 Å². The van der Waals surface area contributed by atoms with Crippen LogP contribution in [0.4, 0.5) is 10.5 Å². The zero-order chi connectivity index (χ0) is 18.1. The van der Waals surface area contributed by atoms with Crippen molar-refractivity contribution in [1.29, 1.82) is 0 Å². The van der Waals surface area contributed by atoms with Crippen molar-refractivity contribution in [1.82, 2.24) is 10.2 Å².